The molecule has 1 N–H and O–H groups in total. The van der Waals surface area contributed by atoms with Crippen LogP contribution in [0.3, 0.4) is 0 Å². The third-order valence-corrected chi connectivity index (χ3v) is 6.41. The van der Waals surface area contributed by atoms with E-state index in [2.05, 4.69) is 39.9 Å². The minimum Gasteiger partial charge on any atom is -0.494 e. The molecule has 1 aromatic carbocycles. The number of dihydropyridines is 1. The van der Waals surface area contributed by atoms with Crippen molar-refractivity contribution in [3.63, 3.8) is 0 Å². The number of allylic oxidation sites excluding steroid dienone is 4. The molecule has 0 atom stereocenters. The number of nitrogens with one attached hydrogen (secondary N) is 1. The summed E-state index contributed by atoms with van der Waals surface area (Å²) in [6, 6.07) is 7.97. The number of rotatable bonds is 4. The average molecular weight is 408 g/mol. The van der Waals surface area contributed by atoms with Gasteiger partial charge in [0, 0.05) is 41.3 Å². The summed E-state index contributed by atoms with van der Waals surface area (Å²) in [5, 5.41) is 3.56. The summed E-state index contributed by atoms with van der Waals surface area (Å²) in [5.74, 6) is 0.873. The first-order valence-electron chi connectivity index (χ1n) is 11.1. The molecule has 0 unspecified atom stereocenters. The third-order valence-electron chi connectivity index (χ3n) is 6.41. The van der Waals surface area contributed by atoms with Gasteiger partial charge in [0.2, 0.25) is 0 Å². The molecule has 0 saturated carbocycles. The highest BCUT2D eigenvalue weighted by atomic mass is 16.5. The fraction of sp³-hybridized carbons (Fsp3) is 0.538. The summed E-state index contributed by atoms with van der Waals surface area (Å²) < 4.78 is 5.74. The third kappa shape index (κ3) is 3.84. The van der Waals surface area contributed by atoms with Crippen LogP contribution in [0.15, 0.2) is 46.8 Å². The first kappa shape index (κ1) is 20.9. The van der Waals surface area contributed by atoms with Crippen LogP contribution in [-0.4, -0.2) is 18.2 Å². The monoisotopic (exact) mass is 407 g/mol. The van der Waals surface area contributed by atoms with Gasteiger partial charge in [-0.05, 0) is 47.8 Å². The van der Waals surface area contributed by atoms with E-state index in [1.807, 2.05) is 24.3 Å². The Hall–Kier alpha value is -2.36. The van der Waals surface area contributed by atoms with E-state index in [-0.39, 0.29) is 28.3 Å². The topological polar surface area (TPSA) is 55.4 Å². The summed E-state index contributed by atoms with van der Waals surface area (Å²) in [4.78, 5) is 26.6. The van der Waals surface area contributed by atoms with Gasteiger partial charge in [-0.1, -0.05) is 46.8 Å². The van der Waals surface area contributed by atoms with E-state index in [9.17, 15) is 9.59 Å². The van der Waals surface area contributed by atoms with E-state index in [4.69, 9.17) is 4.74 Å². The fourth-order valence-corrected chi connectivity index (χ4v) is 5.20. The molecule has 0 amide bonds. The lowest BCUT2D eigenvalue weighted by molar-refractivity contribution is -0.119. The highest BCUT2D eigenvalue weighted by Gasteiger charge is 2.46. The van der Waals surface area contributed by atoms with Crippen molar-refractivity contribution in [1.82, 2.24) is 5.32 Å². The van der Waals surface area contributed by atoms with Gasteiger partial charge >= 0.3 is 0 Å². The summed E-state index contributed by atoms with van der Waals surface area (Å²) in [6.07, 6.45) is 3.65. The van der Waals surface area contributed by atoms with Crippen LogP contribution in [0.25, 0.3) is 0 Å². The maximum absolute atomic E-state index is 13.3. The van der Waals surface area contributed by atoms with E-state index in [1.165, 1.54) is 0 Å². The zero-order valence-corrected chi connectivity index (χ0v) is 18.9. The predicted molar refractivity (Wildman–Crippen MR) is 118 cm³/mol. The number of carbonyl (C=O) groups excluding carboxylic acids is 2. The van der Waals surface area contributed by atoms with Gasteiger partial charge in [-0.3, -0.25) is 9.59 Å². The molecule has 4 heteroatoms. The minimum atomic E-state index is -0.274. The molecular formula is C26H33NO3. The molecule has 2 aliphatic carbocycles. The first-order chi connectivity index (χ1) is 14.1. The fourth-order valence-electron chi connectivity index (χ4n) is 5.20. The number of ketones is 2. The Morgan fingerprint density at radius 2 is 1.37 bits per heavy atom. The number of ether oxygens (including phenoxy) is 1. The van der Waals surface area contributed by atoms with Gasteiger partial charge in [0.15, 0.2) is 11.6 Å². The van der Waals surface area contributed by atoms with Gasteiger partial charge in [0.1, 0.15) is 5.75 Å². The largest absolute Gasteiger partial charge is 0.494 e. The van der Waals surface area contributed by atoms with Gasteiger partial charge < -0.3 is 10.1 Å². The first-order valence-corrected chi connectivity index (χ1v) is 11.1. The summed E-state index contributed by atoms with van der Waals surface area (Å²) >= 11 is 0. The number of carbonyl (C=O) groups is 2. The molecule has 3 aliphatic rings. The Morgan fingerprint density at radius 3 is 1.83 bits per heavy atom. The lowest BCUT2D eigenvalue weighted by atomic mass is 9.64. The highest BCUT2D eigenvalue weighted by Crippen LogP contribution is 2.51. The van der Waals surface area contributed by atoms with Gasteiger partial charge in [0.05, 0.1) is 6.61 Å². The van der Waals surface area contributed by atoms with E-state index in [0.29, 0.717) is 19.4 Å². The normalized spacial score (nSPS) is 23.1. The zero-order chi connectivity index (χ0) is 21.7. The van der Waals surface area contributed by atoms with Crippen LogP contribution in [-0.2, 0) is 9.59 Å². The van der Waals surface area contributed by atoms with Gasteiger partial charge in [-0.15, -0.1) is 0 Å². The molecule has 1 aromatic rings. The van der Waals surface area contributed by atoms with Gasteiger partial charge in [0.25, 0.3) is 0 Å². The van der Waals surface area contributed by atoms with Crippen molar-refractivity contribution in [3.05, 3.63) is 52.4 Å². The molecule has 160 valence electrons. The number of benzene rings is 1. The standard InChI is InChI=1S/C26H33NO3/c1-6-11-30-17-9-7-16(8-10-17)22-23-18(12-25(2,3)14-20(23)28)27-19-13-26(4,5)15-21(29)24(19)22/h7-10,22,27H,6,11-15H2,1-5H3. The lowest BCUT2D eigenvalue weighted by Gasteiger charge is -2.44. The Bertz CT molecular complexity index is 895. The van der Waals surface area contributed by atoms with Crippen LogP contribution in [0, 0.1) is 10.8 Å². The van der Waals surface area contributed by atoms with Crippen LogP contribution in [0.4, 0.5) is 0 Å². The Labute approximate surface area is 179 Å². The highest BCUT2D eigenvalue weighted by molar-refractivity contribution is 6.06. The Morgan fingerprint density at radius 1 is 0.867 bits per heavy atom. The molecule has 0 radical (unpaired) electrons. The van der Waals surface area contributed by atoms with Crippen LogP contribution >= 0.6 is 0 Å². The molecule has 4 rings (SSSR count). The molecule has 4 nitrogen and oxygen atoms in total. The Kier molecular flexibility index (Phi) is 5.16. The second kappa shape index (κ2) is 7.40. The van der Waals surface area contributed by atoms with Crippen molar-refractivity contribution in [3.8, 4) is 5.75 Å². The van der Waals surface area contributed by atoms with Gasteiger partial charge in [-0.2, -0.15) is 0 Å². The average Bonchev–Trinajstić information content (AvgIpc) is 2.63. The molecule has 1 aliphatic heterocycles. The zero-order valence-electron chi connectivity index (χ0n) is 18.9. The molecule has 0 bridgehead atoms. The van der Waals surface area contributed by atoms with Crippen molar-refractivity contribution in [2.75, 3.05) is 6.61 Å². The second-order valence-corrected chi connectivity index (χ2v) is 10.6. The van der Waals surface area contributed by atoms with Crippen LogP contribution < -0.4 is 10.1 Å². The molecule has 0 saturated heterocycles. The van der Waals surface area contributed by atoms with Crippen LogP contribution in [0.2, 0.25) is 0 Å². The maximum Gasteiger partial charge on any atom is 0.162 e. The molecule has 1 heterocycles. The van der Waals surface area contributed by atoms with Crippen molar-refractivity contribution in [2.45, 2.75) is 72.6 Å². The second-order valence-electron chi connectivity index (χ2n) is 10.6. The summed E-state index contributed by atoms with van der Waals surface area (Å²) in [6.45, 7) is 11.3. The lowest BCUT2D eigenvalue weighted by Crippen LogP contribution is -2.42. The van der Waals surface area contributed by atoms with E-state index < -0.39 is 0 Å². The number of Topliss-reactive ketones (excluding diaryl/α,β-unsaturated/α-hetero) is 2. The van der Waals surface area contributed by atoms with Crippen molar-refractivity contribution < 1.29 is 14.3 Å². The quantitative estimate of drug-likeness (QED) is 0.721. The summed E-state index contributed by atoms with van der Waals surface area (Å²) in [7, 11) is 0. The number of hydrogen-bond acceptors (Lipinski definition) is 4. The van der Waals surface area contributed by atoms with Gasteiger partial charge in [-0.25, -0.2) is 0 Å². The predicted octanol–water partition coefficient (Wildman–Crippen LogP) is 5.45. The van der Waals surface area contributed by atoms with Crippen LogP contribution in [0.5, 0.6) is 5.75 Å². The SMILES string of the molecule is CCCOc1ccc(C2C3=C(CC(C)(C)CC3=O)NC3=C2C(=O)CC(C)(C)C3)cc1. The van der Waals surface area contributed by atoms with Crippen molar-refractivity contribution in [1.29, 1.82) is 0 Å². The molecule has 30 heavy (non-hydrogen) atoms. The summed E-state index contributed by atoms with van der Waals surface area (Å²) in [5.41, 5.74) is 4.47. The van der Waals surface area contributed by atoms with Crippen LogP contribution in [0.1, 0.15) is 78.2 Å². The Balaban J connectivity index is 1.81. The van der Waals surface area contributed by atoms with E-state index in [1.54, 1.807) is 0 Å². The van der Waals surface area contributed by atoms with E-state index in [0.717, 1.165) is 53.1 Å². The minimum absolute atomic E-state index is 0.0719. The molecule has 0 aromatic heterocycles. The number of hydrogen-bond donors (Lipinski definition) is 1. The maximum atomic E-state index is 13.3. The molecular weight excluding hydrogens is 374 g/mol. The van der Waals surface area contributed by atoms with Crippen molar-refractivity contribution in [2.24, 2.45) is 10.8 Å². The van der Waals surface area contributed by atoms with E-state index >= 15 is 0 Å². The smallest absolute Gasteiger partial charge is 0.162 e. The van der Waals surface area contributed by atoms with Crippen molar-refractivity contribution >= 4 is 11.6 Å². The molecule has 0 spiro atoms. The molecule has 0 fully saturated rings.